The number of unbranched alkanes of at least 4 members (excludes halogenated alkanes) is 3. The van der Waals surface area contributed by atoms with Gasteiger partial charge in [-0.25, -0.2) is 4.57 Å². The largest absolute Gasteiger partial charge is 0.472 e. The second-order valence-electron chi connectivity index (χ2n) is 12.2. The van der Waals surface area contributed by atoms with Gasteiger partial charge in [-0.05, 0) is 51.4 Å². The number of nitrogens with one attached hydrogen (secondary N) is 1. The van der Waals surface area contributed by atoms with Gasteiger partial charge >= 0.3 is 7.82 Å². The summed E-state index contributed by atoms with van der Waals surface area (Å²) >= 11 is 0. The van der Waals surface area contributed by atoms with Crippen LogP contribution in [0.5, 0.6) is 0 Å². The molecule has 0 bridgehead atoms. The Balaban J connectivity index is 4.45. The van der Waals surface area contributed by atoms with Gasteiger partial charge in [-0.15, -0.1) is 0 Å². The van der Waals surface area contributed by atoms with Crippen molar-refractivity contribution in [1.82, 2.24) is 5.32 Å². The average molecular weight is 652 g/mol. The Morgan fingerprint density at radius 3 is 1.78 bits per heavy atom. The summed E-state index contributed by atoms with van der Waals surface area (Å²) in [6.45, 7) is 4.53. The summed E-state index contributed by atoms with van der Waals surface area (Å²) in [4.78, 5) is 22.7. The second-order valence-corrected chi connectivity index (χ2v) is 13.6. The first-order chi connectivity index (χ1) is 21.5. The number of hydrogen-bond donors (Lipinski definition) is 3. The van der Waals surface area contributed by atoms with Crippen LogP contribution in [0.25, 0.3) is 0 Å². The van der Waals surface area contributed by atoms with Gasteiger partial charge < -0.3 is 19.8 Å². The number of nitrogens with zero attached hydrogens (tertiary/aromatic N) is 1. The molecule has 0 aliphatic rings. The van der Waals surface area contributed by atoms with E-state index >= 15 is 0 Å². The Bertz CT molecular complexity index is 965. The number of rotatable bonds is 28. The number of amides is 1. The fourth-order valence-electron chi connectivity index (χ4n) is 4.01. The molecular formula is C36H64N2O6P+. The van der Waals surface area contributed by atoms with E-state index in [1.807, 2.05) is 33.3 Å². The number of quaternary nitrogens is 1. The Morgan fingerprint density at radius 2 is 1.29 bits per heavy atom. The number of carbonyl (C=O) groups excluding carboxylic acids is 1. The van der Waals surface area contributed by atoms with Crippen LogP contribution in [0.2, 0.25) is 0 Å². The van der Waals surface area contributed by atoms with Crippen LogP contribution >= 0.6 is 7.82 Å². The predicted octanol–water partition coefficient (Wildman–Crippen LogP) is 8.12. The van der Waals surface area contributed by atoms with Crippen molar-refractivity contribution in [3.8, 4) is 0 Å². The number of phosphoric acid groups is 1. The molecule has 0 spiro atoms. The molecule has 0 aromatic rings. The van der Waals surface area contributed by atoms with Crippen molar-refractivity contribution in [2.45, 2.75) is 109 Å². The zero-order chi connectivity index (χ0) is 33.7. The summed E-state index contributed by atoms with van der Waals surface area (Å²) < 4.78 is 23.2. The van der Waals surface area contributed by atoms with Crippen LogP contribution in [-0.2, 0) is 18.4 Å². The monoisotopic (exact) mass is 651 g/mol. The van der Waals surface area contributed by atoms with Crippen LogP contribution in [-0.4, -0.2) is 73.4 Å². The molecule has 1 amide bonds. The summed E-state index contributed by atoms with van der Waals surface area (Å²) in [5.74, 6) is -0.241. The van der Waals surface area contributed by atoms with Gasteiger partial charge in [0.2, 0.25) is 5.91 Å². The van der Waals surface area contributed by atoms with Crippen molar-refractivity contribution < 1.29 is 32.9 Å². The van der Waals surface area contributed by atoms with Gasteiger partial charge in [0.15, 0.2) is 0 Å². The van der Waals surface area contributed by atoms with E-state index in [0.717, 1.165) is 64.2 Å². The van der Waals surface area contributed by atoms with Gasteiger partial charge in [0.25, 0.3) is 0 Å². The molecule has 258 valence electrons. The van der Waals surface area contributed by atoms with Crippen LogP contribution in [0.4, 0.5) is 0 Å². The van der Waals surface area contributed by atoms with Crippen molar-refractivity contribution in [3.05, 3.63) is 72.9 Å². The SMILES string of the molecule is CC/C=C\C/C=C\C/C=C\C/C=C\C/C=C\C/C=C\CCC(=O)NC(COP(=O)(O)OCC[N+](C)(C)C)C(O)CCCCCC. The molecule has 0 rings (SSSR count). The molecule has 3 atom stereocenters. The number of allylic oxidation sites excluding steroid dienone is 12. The quantitative estimate of drug-likeness (QED) is 0.0342. The first kappa shape index (κ1) is 42.9. The molecule has 0 aromatic heterocycles. The highest BCUT2D eigenvalue weighted by Gasteiger charge is 2.28. The van der Waals surface area contributed by atoms with Gasteiger partial charge in [-0.1, -0.05) is 112 Å². The van der Waals surface area contributed by atoms with Gasteiger partial charge in [-0.2, -0.15) is 0 Å². The first-order valence-electron chi connectivity index (χ1n) is 16.8. The molecule has 3 N–H and O–H groups in total. The van der Waals surface area contributed by atoms with E-state index in [0.29, 0.717) is 23.9 Å². The molecule has 0 aliphatic carbocycles. The molecule has 0 aromatic carbocycles. The molecule has 0 fully saturated rings. The summed E-state index contributed by atoms with van der Waals surface area (Å²) in [6, 6.07) is -0.799. The number of hydrogen-bond acceptors (Lipinski definition) is 5. The third-order valence-corrected chi connectivity index (χ3v) is 7.72. The number of phosphoric ester groups is 1. The van der Waals surface area contributed by atoms with Crippen LogP contribution in [0, 0.1) is 0 Å². The van der Waals surface area contributed by atoms with Crippen molar-refractivity contribution in [2.75, 3.05) is 40.9 Å². The Hall–Kier alpha value is -2.06. The normalized spacial score (nSPS) is 15.8. The standard InChI is InChI=1S/C36H63N2O6P/c1-6-8-10-12-13-14-15-16-17-18-19-20-21-22-23-24-25-26-28-30-36(40)37-34(35(39)29-27-11-9-7-2)33-44-45(41,42)43-32-31-38(3,4)5/h8,10,13-14,16-17,19-20,22-23,25-26,34-35,39H,6-7,9,11-12,15,18,21,24,27-33H2,1-5H3,(H-,37,40,41,42)/p+1/b10-8-,14-13-,17-16-,20-19-,23-22-,26-25-. The maximum Gasteiger partial charge on any atom is 0.472 e. The maximum atomic E-state index is 12.6. The van der Waals surface area contributed by atoms with Crippen molar-refractivity contribution in [2.24, 2.45) is 0 Å². The maximum absolute atomic E-state index is 12.6. The van der Waals surface area contributed by atoms with E-state index in [4.69, 9.17) is 9.05 Å². The third kappa shape index (κ3) is 30.4. The minimum absolute atomic E-state index is 0.0554. The van der Waals surface area contributed by atoms with E-state index in [1.165, 1.54) is 0 Å². The molecule has 9 heteroatoms. The van der Waals surface area contributed by atoms with E-state index in [-0.39, 0.29) is 25.5 Å². The Labute approximate surface area is 274 Å². The highest BCUT2D eigenvalue weighted by atomic mass is 31.2. The van der Waals surface area contributed by atoms with Crippen LogP contribution < -0.4 is 5.32 Å². The minimum Gasteiger partial charge on any atom is -0.391 e. The Morgan fingerprint density at radius 1 is 0.778 bits per heavy atom. The molecule has 3 unspecified atom stereocenters. The molecule has 8 nitrogen and oxygen atoms in total. The number of aliphatic hydroxyl groups is 1. The topological polar surface area (TPSA) is 105 Å². The van der Waals surface area contributed by atoms with Crippen LogP contribution in [0.3, 0.4) is 0 Å². The van der Waals surface area contributed by atoms with E-state index < -0.39 is 20.0 Å². The number of aliphatic hydroxyl groups excluding tert-OH is 1. The summed E-state index contributed by atoms with van der Waals surface area (Å²) in [5, 5.41) is 13.5. The molecule has 0 aliphatic heterocycles. The highest BCUT2D eigenvalue weighted by Crippen LogP contribution is 2.43. The lowest BCUT2D eigenvalue weighted by atomic mass is 10.0. The lowest BCUT2D eigenvalue weighted by molar-refractivity contribution is -0.870. The number of likely N-dealkylation sites (N-methyl/N-ethyl adjacent to an activating group) is 1. The van der Waals surface area contributed by atoms with E-state index in [9.17, 15) is 19.4 Å². The van der Waals surface area contributed by atoms with Crippen LogP contribution in [0.15, 0.2) is 72.9 Å². The van der Waals surface area contributed by atoms with Gasteiger partial charge in [0, 0.05) is 6.42 Å². The lowest BCUT2D eigenvalue weighted by Gasteiger charge is -2.26. The summed E-state index contributed by atoms with van der Waals surface area (Å²) in [5.41, 5.74) is 0. The molecule has 0 saturated heterocycles. The minimum atomic E-state index is -4.31. The smallest absolute Gasteiger partial charge is 0.391 e. The molecular weight excluding hydrogens is 587 g/mol. The first-order valence-corrected chi connectivity index (χ1v) is 18.3. The molecule has 0 heterocycles. The average Bonchev–Trinajstić information content (AvgIpc) is 2.97. The second kappa shape index (κ2) is 28.2. The lowest BCUT2D eigenvalue weighted by Crippen LogP contribution is -2.46. The summed E-state index contributed by atoms with van der Waals surface area (Å²) in [7, 11) is 1.54. The Kier molecular flexibility index (Phi) is 26.9. The van der Waals surface area contributed by atoms with Crippen molar-refractivity contribution in [1.29, 1.82) is 0 Å². The molecule has 0 saturated carbocycles. The van der Waals surface area contributed by atoms with Crippen molar-refractivity contribution in [3.63, 3.8) is 0 Å². The van der Waals surface area contributed by atoms with Gasteiger partial charge in [0.1, 0.15) is 13.2 Å². The van der Waals surface area contributed by atoms with E-state index in [1.54, 1.807) is 0 Å². The molecule has 45 heavy (non-hydrogen) atoms. The molecule has 0 radical (unpaired) electrons. The number of carbonyl (C=O) groups is 1. The predicted molar refractivity (Wildman–Crippen MR) is 189 cm³/mol. The zero-order valence-electron chi connectivity index (χ0n) is 28.8. The zero-order valence-corrected chi connectivity index (χ0v) is 29.7. The summed E-state index contributed by atoms with van der Waals surface area (Å²) in [6.07, 6.45) is 35.7. The fourth-order valence-corrected chi connectivity index (χ4v) is 4.74. The van der Waals surface area contributed by atoms with Crippen LogP contribution in [0.1, 0.15) is 97.3 Å². The highest BCUT2D eigenvalue weighted by molar-refractivity contribution is 7.47. The van der Waals surface area contributed by atoms with Gasteiger partial charge in [-0.3, -0.25) is 13.8 Å². The van der Waals surface area contributed by atoms with Crippen molar-refractivity contribution >= 4 is 13.7 Å². The van der Waals surface area contributed by atoms with Gasteiger partial charge in [0.05, 0.1) is 39.9 Å². The third-order valence-electron chi connectivity index (χ3n) is 6.73. The fraction of sp³-hybridized carbons (Fsp3) is 0.639. The van der Waals surface area contributed by atoms with E-state index in [2.05, 4.69) is 79.9 Å².